The van der Waals surface area contributed by atoms with Gasteiger partial charge in [-0.2, -0.15) is 13.2 Å². The van der Waals surface area contributed by atoms with Gasteiger partial charge in [-0.15, -0.1) is 11.3 Å². The SMILES string of the molecule is Cc1nc(C(F)(F)F)c(C(=O)Nc2ccccc2Oc2ccc(Cl)c(C)c2)s1. The number of nitrogens with zero attached hydrogens (tertiary/aromatic N) is 1. The Labute approximate surface area is 167 Å². The second-order valence-electron chi connectivity index (χ2n) is 5.87. The molecule has 28 heavy (non-hydrogen) atoms. The molecule has 0 saturated carbocycles. The van der Waals surface area contributed by atoms with Crippen LogP contribution >= 0.6 is 22.9 Å². The van der Waals surface area contributed by atoms with Crippen LogP contribution < -0.4 is 10.1 Å². The van der Waals surface area contributed by atoms with Crippen molar-refractivity contribution in [3.8, 4) is 11.5 Å². The Kier molecular flexibility index (Phi) is 5.62. The molecule has 3 aromatic rings. The highest BCUT2D eigenvalue weighted by atomic mass is 35.5. The number of carbonyl (C=O) groups excluding carboxylic acids is 1. The number of ether oxygens (including phenoxy) is 1. The van der Waals surface area contributed by atoms with E-state index in [1.54, 1.807) is 36.4 Å². The van der Waals surface area contributed by atoms with Crippen LogP contribution in [0.25, 0.3) is 0 Å². The fourth-order valence-corrected chi connectivity index (χ4v) is 3.37. The monoisotopic (exact) mass is 426 g/mol. The maximum absolute atomic E-state index is 13.1. The fourth-order valence-electron chi connectivity index (χ4n) is 2.42. The predicted octanol–water partition coefficient (Wildman–Crippen LogP) is 6.48. The number of nitrogens with one attached hydrogen (secondary N) is 1. The molecule has 0 unspecified atom stereocenters. The Morgan fingerprint density at radius 2 is 1.89 bits per heavy atom. The van der Waals surface area contributed by atoms with Crippen molar-refractivity contribution in [3.05, 3.63) is 68.6 Å². The van der Waals surface area contributed by atoms with Crippen molar-refractivity contribution in [2.24, 2.45) is 0 Å². The maximum atomic E-state index is 13.1. The molecule has 9 heteroatoms. The quantitative estimate of drug-likeness (QED) is 0.519. The van der Waals surface area contributed by atoms with Gasteiger partial charge in [0.2, 0.25) is 0 Å². The number of anilines is 1. The summed E-state index contributed by atoms with van der Waals surface area (Å²) in [4.78, 5) is 15.4. The number of aromatic nitrogens is 1. The van der Waals surface area contributed by atoms with Crippen molar-refractivity contribution in [1.29, 1.82) is 0 Å². The Morgan fingerprint density at radius 1 is 1.18 bits per heavy atom. The number of hydrogen-bond acceptors (Lipinski definition) is 4. The number of rotatable bonds is 4. The van der Waals surface area contributed by atoms with Crippen molar-refractivity contribution in [2.75, 3.05) is 5.32 Å². The summed E-state index contributed by atoms with van der Waals surface area (Å²) in [5.41, 5.74) is -0.158. The molecule has 1 N–H and O–H groups in total. The smallest absolute Gasteiger partial charge is 0.435 e. The lowest BCUT2D eigenvalue weighted by molar-refractivity contribution is -0.141. The number of benzene rings is 2. The van der Waals surface area contributed by atoms with Crippen molar-refractivity contribution in [3.63, 3.8) is 0 Å². The van der Waals surface area contributed by atoms with Crippen LogP contribution in [0, 0.1) is 13.8 Å². The van der Waals surface area contributed by atoms with Gasteiger partial charge in [0.25, 0.3) is 5.91 Å². The average Bonchev–Trinajstić information content (AvgIpc) is 3.02. The van der Waals surface area contributed by atoms with E-state index in [-0.39, 0.29) is 16.4 Å². The van der Waals surface area contributed by atoms with E-state index in [2.05, 4.69) is 10.3 Å². The third kappa shape index (κ3) is 4.45. The lowest BCUT2D eigenvalue weighted by Crippen LogP contribution is -2.17. The summed E-state index contributed by atoms with van der Waals surface area (Å²) in [5, 5.41) is 3.21. The van der Waals surface area contributed by atoms with E-state index in [4.69, 9.17) is 16.3 Å². The van der Waals surface area contributed by atoms with Crippen molar-refractivity contribution in [1.82, 2.24) is 4.98 Å². The number of halogens is 4. The number of amides is 1. The first-order valence-electron chi connectivity index (χ1n) is 8.04. The molecule has 0 aliphatic carbocycles. The lowest BCUT2D eigenvalue weighted by atomic mass is 10.2. The Bertz CT molecular complexity index is 1030. The van der Waals surface area contributed by atoms with Crippen molar-refractivity contribution >= 4 is 34.5 Å². The normalized spacial score (nSPS) is 11.4. The Morgan fingerprint density at radius 3 is 2.57 bits per heavy atom. The molecule has 0 radical (unpaired) electrons. The van der Waals surface area contributed by atoms with E-state index >= 15 is 0 Å². The molecule has 146 valence electrons. The molecule has 0 aliphatic rings. The fraction of sp³-hybridized carbons (Fsp3) is 0.158. The minimum absolute atomic E-state index is 0.152. The Balaban J connectivity index is 1.88. The van der Waals surface area contributed by atoms with E-state index in [0.29, 0.717) is 22.1 Å². The molecule has 0 bridgehead atoms. The summed E-state index contributed by atoms with van der Waals surface area (Å²) in [6.07, 6.45) is -4.71. The molecule has 0 saturated heterocycles. The van der Waals surface area contributed by atoms with Gasteiger partial charge in [-0.25, -0.2) is 4.98 Å². The first-order chi connectivity index (χ1) is 13.1. The first kappa shape index (κ1) is 20.2. The molecule has 1 aromatic heterocycles. The van der Waals surface area contributed by atoms with Crippen LogP contribution in [0.15, 0.2) is 42.5 Å². The zero-order valence-electron chi connectivity index (χ0n) is 14.7. The standard InChI is InChI=1S/C19H14ClF3N2O2S/c1-10-9-12(7-8-13(10)20)27-15-6-4-3-5-14(15)25-18(26)16-17(19(21,22)23)24-11(2)28-16/h3-9H,1-2H3,(H,25,26). The van der Waals surface area contributed by atoms with Gasteiger partial charge < -0.3 is 10.1 Å². The number of hydrogen-bond donors (Lipinski definition) is 1. The molecular formula is C19H14ClF3N2O2S. The van der Waals surface area contributed by atoms with Gasteiger partial charge in [-0.3, -0.25) is 4.79 Å². The highest BCUT2D eigenvalue weighted by Crippen LogP contribution is 2.36. The van der Waals surface area contributed by atoms with E-state index in [0.717, 1.165) is 5.56 Å². The second-order valence-corrected chi connectivity index (χ2v) is 7.48. The molecule has 0 atom stereocenters. The predicted molar refractivity (Wildman–Crippen MR) is 103 cm³/mol. The number of alkyl halides is 3. The van der Waals surface area contributed by atoms with E-state index in [1.165, 1.54) is 13.0 Å². The number of thiazole rings is 1. The molecule has 2 aromatic carbocycles. The van der Waals surface area contributed by atoms with E-state index < -0.39 is 22.7 Å². The molecule has 1 heterocycles. The van der Waals surface area contributed by atoms with E-state index in [1.807, 2.05) is 6.92 Å². The van der Waals surface area contributed by atoms with Crippen LogP contribution in [0.3, 0.4) is 0 Å². The van der Waals surface area contributed by atoms with Crippen molar-refractivity contribution < 1.29 is 22.7 Å². The first-order valence-corrected chi connectivity index (χ1v) is 9.23. The summed E-state index contributed by atoms with van der Waals surface area (Å²) < 4.78 is 45.2. The largest absolute Gasteiger partial charge is 0.455 e. The minimum Gasteiger partial charge on any atom is -0.455 e. The molecule has 0 spiro atoms. The van der Waals surface area contributed by atoms with Crippen LogP contribution in [0.5, 0.6) is 11.5 Å². The molecule has 3 rings (SSSR count). The summed E-state index contributed by atoms with van der Waals surface area (Å²) >= 11 is 6.68. The van der Waals surface area contributed by atoms with Crippen LogP contribution in [0.2, 0.25) is 5.02 Å². The average molecular weight is 427 g/mol. The maximum Gasteiger partial charge on any atom is 0.435 e. The number of para-hydroxylation sites is 2. The number of aryl methyl sites for hydroxylation is 2. The lowest BCUT2D eigenvalue weighted by Gasteiger charge is -2.13. The van der Waals surface area contributed by atoms with Gasteiger partial charge in [0.05, 0.1) is 10.7 Å². The summed E-state index contributed by atoms with van der Waals surface area (Å²) in [6, 6.07) is 11.5. The van der Waals surface area contributed by atoms with Gasteiger partial charge in [0.1, 0.15) is 10.6 Å². The minimum atomic E-state index is -4.71. The molecular weight excluding hydrogens is 413 g/mol. The Hall–Kier alpha value is -2.58. The van der Waals surface area contributed by atoms with Crippen LogP contribution in [0.1, 0.15) is 25.9 Å². The van der Waals surface area contributed by atoms with Crippen LogP contribution in [0.4, 0.5) is 18.9 Å². The van der Waals surface area contributed by atoms with Gasteiger partial charge in [0, 0.05) is 5.02 Å². The molecule has 4 nitrogen and oxygen atoms in total. The highest BCUT2D eigenvalue weighted by molar-refractivity contribution is 7.13. The topological polar surface area (TPSA) is 51.2 Å². The zero-order chi connectivity index (χ0) is 20.5. The van der Waals surface area contributed by atoms with E-state index in [9.17, 15) is 18.0 Å². The molecule has 1 amide bonds. The van der Waals surface area contributed by atoms with Gasteiger partial charge >= 0.3 is 6.18 Å². The van der Waals surface area contributed by atoms with Gasteiger partial charge in [0.15, 0.2) is 11.4 Å². The van der Waals surface area contributed by atoms with Gasteiger partial charge in [-0.05, 0) is 49.7 Å². The second kappa shape index (κ2) is 7.81. The summed E-state index contributed by atoms with van der Waals surface area (Å²) in [7, 11) is 0. The van der Waals surface area contributed by atoms with Gasteiger partial charge in [-0.1, -0.05) is 23.7 Å². The molecule has 0 fully saturated rings. The third-order valence-electron chi connectivity index (χ3n) is 3.70. The molecule has 0 aliphatic heterocycles. The third-order valence-corrected chi connectivity index (χ3v) is 5.09. The van der Waals surface area contributed by atoms with Crippen LogP contribution in [-0.2, 0) is 6.18 Å². The zero-order valence-corrected chi connectivity index (χ0v) is 16.3. The highest BCUT2D eigenvalue weighted by Gasteiger charge is 2.39. The summed E-state index contributed by atoms with van der Waals surface area (Å²) in [6.45, 7) is 3.23. The summed E-state index contributed by atoms with van der Waals surface area (Å²) in [5.74, 6) is -0.137. The van der Waals surface area contributed by atoms with Crippen LogP contribution in [-0.4, -0.2) is 10.9 Å². The van der Waals surface area contributed by atoms with Crippen molar-refractivity contribution in [2.45, 2.75) is 20.0 Å². The number of carbonyl (C=O) groups is 1.